The average molecular weight is 217 g/mol. The van der Waals surface area contributed by atoms with Gasteiger partial charge in [-0.2, -0.15) is 0 Å². The maximum atomic E-state index is 5.82. The van der Waals surface area contributed by atoms with E-state index in [1.54, 1.807) is 0 Å². The maximum absolute atomic E-state index is 5.82. The normalized spacial score (nSPS) is 11.9. The van der Waals surface area contributed by atoms with Crippen molar-refractivity contribution in [1.82, 2.24) is 5.32 Å². The molecule has 0 spiro atoms. The SMILES string of the molecule is C#CCNCC(C)Oc1ccc(C)cc1C. The van der Waals surface area contributed by atoms with Crippen molar-refractivity contribution in [3.8, 4) is 18.1 Å². The van der Waals surface area contributed by atoms with Gasteiger partial charge in [-0.3, -0.25) is 0 Å². The third kappa shape index (κ3) is 3.96. The number of hydrogen-bond acceptors (Lipinski definition) is 2. The first kappa shape index (κ1) is 12.6. The molecule has 1 aromatic rings. The minimum absolute atomic E-state index is 0.120. The van der Waals surface area contributed by atoms with Crippen LogP contribution in [0.2, 0.25) is 0 Å². The number of rotatable bonds is 5. The van der Waals surface area contributed by atoms with Gasteiger partial charge in [-0.1, -0.05) is 23.6 Å². The van der Waals surface area contributed by atoms with Crippen LogP contribution >= 0.6 is 0 Å². The van der Waals surface area contributed by atoms with Gasteiger partial charge in [-0.25, -0.2) is 0 Å². The molecule has 0 heterocycles. The molecule has 0 amide bonds. The summed E-state index contributed by atoms with van der Waals surface area (Å²) in [6, 6.07) is 6.20. The molecule has 0 aliphatic carbocycles. The van der Waals surface area contributed by atoms with E-state index in [0.717, 1.165) is 12.3 Å². The first-order valence-corrected chi connectivity index (χ1v) is 5.51. The lowest BCUT2D eigenvalue weighted by molar-refractivity contribution is 0.218. The van der Waals surface area contributed by atoms with E-state index in [9.17, 15) is 0 Å². The lowest BCUT2D eigenvalue weighted by Gasteiger charge is -2.16. The van der Waals surface area contributed by atoms with E-state index in [1.165, 1.54) is 11.1 Å². The smallest absolute Gasteiger partial charge is 0.122 e. The Hall–Kier alpha value is -1.46. The molecule has 0 saturated carbocycles. The Kier molecular flexibility index (Phi) is 4.88. The molecule has 1 N–H and O–H groups in total. The van der Waals surface area contributed by atoms with Gasteiger partial charge < -0.3 is 10.1 Å². The van der Waals surface area contributed by atoms with Crippen molar-refractivity contribution in [2.45, 2.75) is 26.9 Å². The molecule has 2 heteroatoms. The molecule has 86 valence electrons. The van der Waals surface area contributed by atoms with Crippen LogP contribution in [0.5, 0.6) is 5.75 Å². The number of nitrogens with one attached hydrogen (secondary N) is 1. The number of hydrogen-bond donors (Lipinski definition) is 1. The summed E-state index contributed by atoms with van der Waals surface area (Å²) in [5, 5.41) is 3.12. The summed E-state index contributed by atoms with van der Waals surface area (Å²) in [7, 11) is 0. The molecule has 0 saturated heterocycles. The fourth-order valence-corrected chi connectivity index (χ4v) is 1.54. The summed E-state index contributed by atoms with van der Waals surface area (Å²) in [5.74, 6) is 3.48. The van der Waals surface area contributed by atoms with Gasteiger partial charge in [0, 0.05) is 6.54 Å². The molecule has 1 rings (SSSR count). The highest BCUT2D eigenvalue weighted by Gasteiger charge is 2.05. The highest BCUT2D eigenvalue weighted by atomic mass is 16.5. The van der Waals surface area contributed by atoms with Crippen LogP contribution in [0.4, 0.5) is 0 Å². The molecule has 1 unspecified atom stereocenters. The van der Waals surface area contributed by atoms with Crippen molar-refractivity contribution >= 4 is 0 Å². The van der Waals surface area contributed by atoms with Crippen LogP contribution in [0.25, 0.3) is 0 Å². The van der Waals surface area contributed by atoms with Gasteiger partial charge in [0.25, 0.3) is 0 Å². The third-order valence-electron chi connectivity index (χ3n) is 2.32. The number of aryl methyl sites for hydroxylation is 2. The quantitative estimate of drug-likeness (QED) is 0.603. The van der Waals surface area contributed by atoms with Crippen LogP contribution in [0.3, 0.4) is 0 Å². The van der Waals surface area contributed by atoms with Crippen LogP contribution in [-0.4, -0.2) is 19.2 Å². The zero-order valence-corrected chi connectivity index (χ0v) is 10.2. The molecular weight excluding hydrogens is 198 g/mol. The maximum Gasteiger partial charge on any atom is 0.122 e. The molecule has 0 fully saturated rings. The topological polar surface area (TPSA) is 21.3 Å². The van der Waals surface area contributed by atoms with Gasteiger partial charge in [0.05, 0.1) is 6.54 Å². The number of ether oxygens (including phenoxy) is 1. The highest BCUT2D eigenvalue weighted by molar-refractivity contribution is 5.35. The van der Waals surface area contributed by atoms with E-state index in [0.29, 0.717) is 6.54 Å². The van der Waals surface area contributed by atoms with Gasteiger partial charge in [0.15, 0.2) is 0 Å². The monoisotopic (exact) mass is 217 g/mol. The standard InChI is InChI=1S/C14H19NO/c1-5-8-15-10-13(4)16-14-7-6-11(2)9-12(14)3/h1,6-7,9,13,15H,8,10H2,2-4H3. The van der Waals surface area contributed by atoms with Crippen LogP contribution in [0.15, 0.2) is 18.2 Å². The van der Waals surface area contributed by atoms with Crippen molar-refractivity contribution in [2.75, 3.05) is 13.1 Å². The fraction of sp³-hybridized carbons (Fsp3) is 0.429. The van der Waals surface area contributed by atoms with Crippen molar-refractivity contribution < 1.29 is 4.74 Å². The molecule has 0 radical (unpaired) electrons. The summed E-state index contributed by atoms with van der Waals surface area (Å²) in [5.41, 5.74) is 2.42. The zero-order chi connectivity index (χ0) is 12.0. The molecule has 0 bridgehead atoms. The van der Waals surface area contributed by atoms with Crippen molar-refractivity contribution in [3.63, 3.8) is 0 Å². The Morgan fingerprint density at radius 3 is 2.81 bits per heavy atom. The first-order valence-electron chi connectivity index (χ1n) is 5.51. The van der Waals surface area contributed by atoms with Crippen LogP contribution in [0.1, 0.15) is 18.1 Å². The van der Waals surface area contributed by atoms with Gasteiger partial charge in [0.2, 0.25) is 0 Å². The highest BCUT2D eigenvalue weighted by Crippen LogP contribution is 2.19. The minimum Gasteiger partial charge on any atom is -0.489 e. The Balaban J connectivity index is 2.50. The van der Waals surface area contributed by atoms with Gasteiger partial charge in [-0.05, 0) is 32.4 Å². The second-order valence-electron chi connectivity index (χ2n) is 4.03. The van der Waals surface area contributed by atoms with Crippen molar-refractivity contribution in [2.24, 2.45) is 0 Å². The molecule has 0 aliphatic heterocycles. The minimum atomic E-state index is 0.120. The largest absolute Gasteiger partial charge is 0.489 e. The summed E-state index contributed by atoms with van der Waals surface area (Å²) < 4.78 is 5.82. The third-order valence-corrected chi connectivity index (χ3v) is 2.32. The molecule has 1 atom stereocenters. The fourth-order valence-electron chi connectivity index (χ4n) is 1.54. The average Bonchev–Trinajstić information content (AvgIpc) is 2.23. The molecule has 0 aliphatic rings. The molecular formula is C14H19NO. The summed E-state index contributed by atoms with van der Waals surface area (Å²) in [4.78, 5) is 0. The molecule has 16 heavy (non-hydrogen) atoms. The van der Waals surface area contributed by atoms with E-state index in [1.807, 2.05) is 13.0 Å². The number of terminal acetylenes is 1. The Labute approximate surface area is 98.0 Å². The predicted molar refractivity (Wildman–Crippen MR) is 67.7 cm³/mol. The van der Waals surface area contributed by atoms with E-state index >= 15 is 0 Å². The number of benzene rings is 1. The summed E-state index contributed by atoms with van der Waals surface area (Å²) in [6.45, 7) is 7.51. The van der Waals surface area contributed by atoms with Crippen LogP contribution in [0, 0.1) is 26.2 Å². The molecule has 1 aromatic carbocycles. The second kappa shape index (κ2) is 6.19. The van der Waals surface area contributed by atoms with E-state index < -0.39 is 0 Å². The Morgan fingerprint density at radius 1 is 1.44 bits per heavy atom. The lowest BCUT2D eigenvalue weighted by Crippen LogP contribution is -2.29. The van der Waals surface area contributed by atoms with Crippen LogP contribution < -0.4 is 10.1 Å². The first-order chi connectivity index (χ1) is 7.63. The lowest BCUT2D eigenvalue weighted by atomic mass is 10.1. The molecule has 2 nitrogen and oxygen atoms in total. The van der Waals surface area contributed by atoms with E-state index in [2.05, 4.69) is 37.2 Å². The summed E-state index contributed by atoms with van der Waals surface area (Å²) >= 11 is 0. The van der Waals surface area contributed by atoms with E-state index in [4.69, 9.17) is 11.2 Å². The molecule has 0 aromatic heterocycles. The van der Waals surface area contributed by atoms with Crippen molar-refractivity contribution in [3.05, 3.63) is 29.3 Å². The van der Waals surface area contributed by atoms with Gasteiger partial charge >= 0.3 is 0 Å². The Morgan fingerprint density at radius 2 is 2.19 bits per heavy atom. The van der Waals surface area contributed by atoms with Crippen LogP contribution in [-0.2, 0) is 0 Å². The van der Waals surface area contributed by atoms with Gasteiger partial charge in [0.1, 0.15) is 11.9 Å². The van der Waals surface area contributed by atoms with Gasteiger partial charge in [-0.15, -0.1) is 6.42 Å². The summed E-state index contributed by atoms with van der Waals surface area (Å²) in [6.07, 6.45) is 5.27. The second-order valence-corrected chi connectivity index (χ2v) is 4.03. The predicted octanol–water partition coefficient (Wildman–Crippen LogP) is 2.29. The van der Waals surface area contributed by atoms with Crippen molar-refractivity contribution in [1.29, 1.82) is 0 Å². The van der Waals surface area contributed by atoms with E-state index in [-0.39, 0.29) is 6.10 Å². The zero-order valence-electron chi connectivity index (χ0n) is 10.2. The Bertz CT molecular complexity index is 379.